The van der Waals surface area contributed by atoms with Crippen LogP contribution in [0.15, 0.2) is 43.1 Å². The van der Waals surface area contributed by atoms with Crippen LogP contribution in [0.25, 0.3) is 0 Å². The maximum Gasteiger partial charge on any atom is 0.324 e. The molecule has 0 saturated carbocycles. The first kappa shape index (κ1) is 12.8. The van der Waals surface area contributed by atoms with Crippen molar-refractivity contribution in [3.63, 3.8) is 0 Å². The lowest BCUT2D eigenvalue weighted by Gasteiger charge is -2.10. The summed E-state index contributed by atoms with van der Waals surface area (Å²) in [7, 11) is 0. The summed E-state index contributed by atoms with van der Waals surface area (Å²) in [5.41, 5.74) is 0.893. The van der Waals surface area contributed by atoms with Crippen LogP contribution < -0.4 is 5.32 Å². The molecular formula is C12H14BrNO2. The standard InChI is InChI=1S/C12H14BrNO2/c1-2-14-8-9-16-12(15)11(13)10-6-4-3-5-7-10/h2-7,11,14H,1,8-9H2. The number of esters is 1. The van der Waals surface area contributed by atoms with E-state index in [0.29, 0.717) is 13.2 Å². The fourth-order valence-corrected chi connectivity index (χ4v) is 1.58. The van der Waals surface area contributed by atoms with E-state index < -0.39 is 4.83 Å². The molecule has 0 spiro atoms. The Hall–Kier alpha value is -1.29. The molecule has 0 bridgehead atoms. The van der Waals surface area contributed by atoms with Gasteiger partial charge in [0.1, 0.15) is 11.4 Å². The largest absolute Gasteiger partial charge is 0.463 e. The lowest BCUT2D eigenvalue weighted by Crippen LogP contribution is -2.18. The van der Waals surface area contributed by atoms with Gasteiger partial charge in [0.05, 0.1) is 0 Å². The van der Waals surface area contributed by atoms with E-state index >= 15 is 0 Å². The van der Waals surface area contributed by atoms with Crippen LogP contribution >= 0.6 is 15.9 Å². The van der Waals surface area contributed by atoms with Crippen molar-refractivity contribution in [3.05, 3.63) is 48.7 Å². The molecule has 0 amide bonds. The van der Waals surface area contributed by atoms with Gasteiger partial charge in [0.25, 0.3) is 0 Å². The molecule has 1 unspecified atom stereocenters. The summed E-state index contributed by atoms with van der Waals surface area (Å²) in [5.74, 6) is -0.280. The molecule has 0 aliphatic heterocycles. The van der Waals surface area contributed by atoms with Crippen molar-refractivity contribution in [3.8, 4) is 0 Å². The summed E-state index contributed by atoms with van der Waals surface area (Å²) in [6, 6.07) is 9.43. The van der Waals surface area contributed by atoms with Crippen molar-refractivity contribution in [2.45, 2.75) is 4.83 Å². The Morgan fingerprint density at radius 2 is 2.19 bits per heavy atom. The number of alkyl halides is 1. The Morgan fingerprint density at radius 1 is 1.50 bits per heavy atom. The molecule has 86 valence electrons. The quantitative estimate of drug-likeness (QED) is 0.495. The van der Waals surface area contributed by atoms with E-state index in [1.54, 1.807) is 6.20 Å². The van der Waals surface area contributed by atoms with Crippen molar-refractivity contribution in [2.24, 2.45) is 0 Å². The van der Waals surface area contributed by atoms with Crippen molar-refractivity contribution in [1.29, 1.82) is 0 Å². The molecule has 0 fully saturated rings. The second kappa shape index (κ2) is 7.06. The van der Waals surface area contributed by atoms with Gasteiger partial charge in [-0.2, -0.15) is 0 Å². The van der Waals surface area contributed by atoms with Gasteiger partial charge in [0.2, 0.25) is 0 Å². The molecule has 1 rings (SSSR count). The molecule has 0 aliphatic rings. The lowest BCUT2D eigenvalue weighted by atomic mass is 10.1. The minimum Gasteiger partial charge on any atom is -0.463 e. The summed E-state index contributed by atoms with van der Waals surface area (Å²) in [6.45, 7) is 4.41. The van der Waals surface area contributed by atoms with Gasteiger partial charge in [-0.15, -0.1) is 0 Å². The van der Waals surface area contributed by atoms with Gasteiger partial charge < -0.3 is 10.1 Å². The summed E-state index contributed by atoms with van der Waals surface area (Å²) in [5, 5.41) is 2.85. The van der Waals surface area contributed by atoms with E-state index in [0.717, 1.165) is 5.56 Å². The SMILES string of the molecule is C=CNCCOC(=O)C(Br)c1ccccc1. The predicted molar refractivity (Wildman–Crippen MR) is 67.3 cm³/mol. The van der Waals surface area contributed by atoms with Crippen LogP contribution in [-0.2, 0) is 9.53 Å². The first-order valence-corrected chi connectivity index (χ1v) is 5.87. The van der Waals surface area contributed by atoms with Crippen LogP contribution in [0, 0.1) is 0 Å². The minimum atomic E-state index is -0.405. The van der Waals surface area contributed by atoms with E-state index in [9.17, 15) is 4.79 Å². The van der Waals surface area contributed by atoms with Crippen molar-refractivity contribution >= 4 is 21.9 Å². The molecule has 1 aromatic rings. The zero-order chi connectivity index (χ0) is 11.8. The molecule has 0 aliphatic carbocycles. The summed E-state index contributed by atoms with van der Waals surface area (Å²) in [4.78, 5) is 11.2. The molecule has 4 heteroatoms. The zero-order valence-corrected chi connectivity index (χ0v) is 10.4. The number of carbonyl (C=O) groups is 1. The number of carbonyl (C=O) groups excluding carboxylic acids is 1. The van der Waals surface area contributed by atoms with E-state index in [2.05, 4.69) is 27.8 Å². The number of rotatable bonds is 6. The third-order valence-electron chi connectivity index (χ3n) is 1.93. The molecule has 16 heavy (non-hydrogen) atoms. The van der Waals surface area contributed by atoms with Crippen LogP contribution in [-0.4, -0.2) is 19.1 Å². The van der Waals surface area contributed by atoms with Gasteiger partial charge in [-0.05, 0) is 11.8 Å². The highest BCUT2D eigenvalue weighted by molar-refractivity contribution is 9.09. The maximum absolute atomic E-state index is 11.6. The van der Waals surface area contributed by atoms with Crippen molar-refractivity contribution in [1.82, 2.24) is 5.32 Å². The molecule has 1 aromatic carbocycles. The normalized spacial score (nSPS) is 11.6. The van der Waals surface area contributed by atoms with Crippen molar-refractivity contribution in [2.75, 3.05) is 13.2 Å². The molecule has 1 N–H and O–H groups in total. The number of nitrogens with one attached hydrogen (secondary N) is 1. The topological polar surface area (TPSA) is 38.3 Å². The summed E-state index contributed by atoms with van der Waals surface area (Å²) in [6.07, 6.45) is 1.57. The lowest BCUT2D eigenvalue weighted by molar-refractivity contribution is -0.142. The van der Waals surface area contributed by atoms with E-state index in [1.165, 1.54) is 0 Å². The molecule has 0 radical (unpaired) electrons. The zero-order valence-electron chi connectivity index (χ0n) is 8.86. The summed E-state index contributed by atoms with van der Waals surface area (Å²) >= 11 is 3.31. The molecule has 0 aromatic heterocycles. The van der Waals surface area contributed by atoms with Crippen LogP contribution in [0.3, 0.4) is 0 Å². The number of benzene rings is 1. The number of ether oxygens (including phenoxy) is 1. The van der Waals surface area contributed by atoms with Crippen LogP contribution in [0.1, 0.15) is 10.4 Å². The fourth-order valence-electron chi connectivity index (χ4n) is 1.14. The van der Waals surface area contributed by atoms with Gasteiger partial charge in [0.15, 0.2) is 0 Å². The number of hydrogen-bond acceptors (Lipinski definition) is 3. The van der Waals surface area contributed by atoms with Crippen molar-refractivity contribution < 1.29 is 9.53 Å². The highest BCUT2D eigenvalue weighted by atomic mass is 79.9. The van der Waals surface area contributed by atoms with Gasteiger partial charge in [-0.25, -0.2) is 0 Å². The molecular weight excluding hydrogens is 270 g/mol. The monoisotopic (exact) mass is 283 g/mol. The maximum atomic E-state index is 11.6. The third-order valence-corrected chi connectivity index (χ3v) is 2.84. The third kappa shape index (κ3) is 4.06. The smallest absolute Gasteiger partial charge is 0.324 e. The molecule has 0 saturated heterocycles. The first-order chi connectivity index (χ1) is 7.75. The highest BCUT2D eigenvalue weighted by Gasteiger charge is 2.17. The Balaban J connectivity index is 2.39. The number of halogens is 1. The predicted octanol–water partition coefficient (Wildman–Crippen LogP) is 2.40. The van der Waals surface area contributed by atoms with E-state index in [1.807, 2.05) is 30.3 Å². The van der Waals surface area contributed by atoms with Crippen LogP contribution in [0.2, 0.25) is 0 Å². The molecule has 1 atom stereocenters. The van der Waals surface area contributed by atoms with Gasteiger partial charge in [-0.1, -0.05) is 52.8 Å². The van der Waals surface area contributed by atoms with Crippen LogP contribution in [0.5, 0.6) is 0 Å². The van der Waals surface area contributed by atoms with Gasteiger partial charge in [0, 0.05) is 6.54 Å². The van der Waals surface area contributed by atoms with E-state index in [-0.39, 0.29) is 5.97 Å². The highest BCUT2D eigenvalue weighted by Crippen LogP contribution is 2.23. The molecule has 3 nitrogen and oxygen atoms in total. The van der Waals surface area contributed by atoms with Gasteiger partial charge in [-0.3, -0.25) is 4.79 Å². The second-order valence-corrected chi connectivity index (χ2v) is 4.01. The molecule has 0 heterocycles. The minimum absolute atomic E-state index is 0.280. The Kier molecular flexibility index (Phi) is 5.64. The average molecular weight is 284 g/mol. The van der Waals surface area contributed by atoms with Crippen LogP contribution in [0.4, 0.5) is 0 Å². The fraction of sp³-hybridized carbons (Fsp3) is 0.250. The van der Waals surface area contributed by atoms with E-state index in [4.69, 9.17) is 4.74 Å². The first-order valence-electron chi connectivity index (χ1n) is 4.95. The number of hydrogen-bond donors (Lipinski definition) is 1. The van der Waals surface area contributed by atoms with Gasteiger partial charge >= 0.3 is 5.97 Å². The Labute approximate surface area is 104 Å². The second-order valence-electron chi connectivity index (χ2n) is 3.10. The average Bonchev–Trinajstić information content (AvgIpc) is 2.34. The Bertz CT molecular complexity index is 340. The Morgan fingerprint density at radius 3 is 2.81 bits per heavy atom. The summed E-state index contributed by atoms with van der Waals surface area (Å²) < 4.78 is 5.06.